The Morgan fingerprint density at radius 1 is 0.485 bits per heavy atom. The molecule has 3 aliphatic rings. The van der Waals surface area contributed by atoms with E-state index in [9.17, 15) is 19.8 Å². The number of carbonyl (C=O) groups is 2. The van der Waals surface area contributed by atoms with Crippen LogP contribution in [0.1, 0.15) is 153 Å². The third kappa shape index (κ3) is 12.2. The fraction of sp³-hybridized carbons (Fsp3) is 0.593. The number of ether oxygens (including phenoxy) is 2. The summed E-state index contributed by atoms with van der Waals surface area (Å²) in [6.07, 6.45) is 10.2. The van der Waals surface area contributed by atoms with Crippen LogP contribution in [-0.4, -0.2) is 85.3 Å². The molecule has 0 bridgehead atoms. The van der Waals surface area contributed by atoms with E-state index < -0.39 is 35.4 Å². The standard InChI is InChI=1S/C54H76N4O10/c1-5-9-13-29-63-43(59)35-53(27-33-67-65-31-15-11-7-3)55-41-21-17-19-37-23-25-39(49(57-53)45(37)41)47-51(61)48(52(47)62)40-26-24-38-20-18-22-42-46(38)50(40)58-54(56-42,28-34-68-66-32-16-12-8-4)36-44(60)64-30-14-10-6-2/h17-26,47-48,51-52,55-58,61-62H,5-16,27-36H2,1-4H3. The van der Waals surface area contributed by atoms with Crippen LogP contribution in [0.3, 0.4) is 0 Å². The fourth-order valence-electron chi connectivity index (χ4n) is 10.1. The molecule has 2 atom stereocenters. The summed E-state index contributed by atoms with van der Waals surface area (Å²) in [7, 11) is 0. The Balaban J connectivity index is 1.18. The first-order chi connectivity index (χ1) is 33.2. The van der Waals surface area contributed by atoms with Crippen molar-refractivity contribution in [2.24, 2.45) is 0 Å². The molecule has 6 N–H and O–H groups in total. The van der Waals surface area contributed by atoms with Gasteiger partial charge in [-0.05, 0) is 59.7 Å². The second-order valence-corrected chi connectivity index (χ2v) is 19.0. The van der Waals surface area contributed by atoms with Crippen molar-refractivity contribution in [3.63, 3.8) is 0 Å². The molecule has 0 aromatic heterocycles. The Labute approximate surface area is 402 Å². The van der Waals surface area contributed by atoms with E-state index in [0.717, 1.165) is 132 Å². The highest BCUT2D eigenvalue weighted by Gasteiger charge is 2.54. The fourth-order valence-corrected chi connectivity index (χ4v) is 10.1. The Morgan fingerprint density at radius 2 is 0.868 bits per heavy atom. The maximum Gasteiger partial charge on any atom is 0.310 e. The first kappa shape index (κ1) is 51.2. The molecular weight excluding hydrogens is 865 g/mol. The number of esters is 2. The van der Waals surface area contributed by atoms with E-state index in [1.54, 1.807) is 0 Å². The van der Waals surface area contributed by atoms with Crippen LogP contribution in [0, 0.1) is 0 Å². The first-order valence-electron chi connectivity index (χ1n) is 25.6. The van der Waals surface area contributed by atoms with Crippen molar-refractivity contribution in [1.29, 1.82) is 0 Å². The zero-order chi connectivity index (χ0) is 47.9. The molecule has 0 saturated heterocycles. The summed E-state index contributed by atoms with van der Waals surface area (Å²) >= 11 is 0. The Morgan fingerprint density at radius 3 is 1.26 bits per heavy atom. The Hall–Kier alpha value is -4.70. The van der Waals surface area contributed by atoms with Gasteiger partial charge in [0.1, 0.15) is 11.3 Å². The average Bonchev–Trinajstić information content (AvgIpc) is 3.33. The summed E-state index contributed by atoms with van der Waals surface area (Å²) in [5.74, 6) is -2.06. The van der Waals surface area contributed by atoms with Crippen LogP contribution in [-0.2, 0) is 38.6 Å². The van der Waals surface area contributed by atoms with Gasteiger partial charge in [-0.2, -0.15) is 0 Å². The van der Waals surface area contributed by atoms with E-state index in [1.807, 2.05) is 60.7 Å². The number of rotatable bonds is 30. The number of unbranched alkanes of at least 4 members (excludes halogenated alkanes) is 8. The monoisotopic (exact) mass is 941 g/mol. The van der Waals surface area contributed by atoms with Crippen LogP contribution >= 0.6 is 0 Å². The lowest BCUT2D eigenvalue weighted by molar-refractivity contribution is -0.296. The van der Waals surface area contributed by atoms with Crippen LogP contribution < -0.4 is 21.3 Å². The maximum absolute atomic E-state index is 13.6. The lowest BCUT2D eigenvalue weighted by Gasteiger charge is -2.50. The van der Waals surface area contributed by atoms with Crippen molar-refractivity contribution >= 4 is 56.2 Å². The second-order valence-electron chi connectivity index (χ2n) is 19.0. The zero-order valence-corrected chi connectivity index (χ0v) is 40.8. The van der Waals surface area contributed by atoms with Gasteiger partial charge in [0.2, 0.25) is 0 Å². The number of hydrogen-bond acceptors (Lipinski definition) is 14. The Kier molecular flexibility index (Phi) is 18.6. The van der Waals surface area contributed by atoms with Crippen LogP contribution in [0.5, 0.6) is 0 Å². The van der Waals surface area contributed by atoms with Crippen molar-refractivity contribution in [1.82, 2.24) is 0 Å². The molecule has 7 rings (SSSR count). The van der Waals surface area contributed by atoms with Gasteiger partial charge in [0.05, 0.1) is 64.7 Å². The summed E-state index contributed by atoms with van der Waals surface area (Å²) in [5.41, 5.74) is 2.51. The highest BCUT2D eigenvalue weighted by molar-refractivity contribution is 6.08. The van der Waals surface area contributed by atoms with E-state index in [2.05, 4.69) is 49.0 Å². The number of carbonyl (C=O) groups excluding carboxylic acids is 2. The van der Waals surface area contributed by atoms with Gasteiger partial charge in [-0.3, -0.25) is 9.59 Å². The molecule has 0 amide bonds. The van der Waals surface area contributed by atoms with E-state index >= 15 is 0 Å². The number of benzene rings is 4. The molecule has 4 aromatic carbocycles. The number of aliphatic hydroxyl groups is 2. The highest BCUT2D eigenvalue weighted by atomic mass is 17.2. The summed E-state index contributed by atoms with van der Waals surface area (Å²) in [5, 5.41) is 43.5. The molecule has 1 fully saturated rings. The van der Waals surface area contributed by atoms with Gasteiger partial charge in [0, 0.05) is 58.2 Å². The topological polar surface area (TPSA) is 178 Å². The quantitative estimate of drug-likeness (QED) is 0.0126. The molecule has 68 heavy (non-hydrogen) atoms. The van der Waals surface area contributed by atoms with E-state index in [1.165, 1.54) is 0 Å². The first-order valence-corrected chi connectivity index (χ1v) is 25.6. The molecule has 0 radical (unpaired) electrons. The van der Waals surface area contributed by atoms with Crippen molar-refractivity contribution in [2.45, 2.75) is 166 Å². The van der Waals surface area contributed by atoms with Gasteiger partial charge in [-0.1, -0.05) is 128 Å². The third-order valence-electron chi connectivity index (χ3n) is 13.8. The van der Waals surface area contributed by atoms with Crippen LogP contribution in [0.4, 0.5) is 22.7 Å². The van der Waals surface area contributed by atoms with Gasteiger partial charge < -0.3 is 41.0 Å². The lowest BCUT2D eigenvalue weighted by Crippen LogP contribution is -2.55. The van der Waals surface area contributed by atoms with Crippen molar-refractivity contribution in [2.75, 3.05) is 60.9 Å². The van der Waals surface area contributed by atoms with Gasteiger partial charge >= 0.3 is 11.9 Å². The van der Waals surface area contributed by atoms with Crippen LogP contribution in [0.15, 0.2) is 60.7 Å². The van der Waals surface area contributed by atoms with Gasteiger partial charge in [-0.15, -0.1) is 0 Å². The number of anilines is 4. The molecule has 1 saturated carbocycles. The zero-order valence-electron chi connectivity index (χ0n) is 40.8. The van der Waals surface area contributed by atoms with Crippen molar-refractivity contribution < 1.29 is 48.8 Å². The van der Waals surface area contributed by atoms with E-state index in [0.29, 0.717) is 39.3 Å². The second kappa shape index (κ2) is 24.7. The number of aliphatic hydroxyl groups excluding tert-OH is 2. The van der Waals surface area contributed by atoms with Crippen LogP contribution in [0.2, 0.25) is 0 Å². The summed E-state index contributed by atoms with van der Waals surface area (Å²) in [6, 6.07) is 20.0. The van der Waals surface area contributed by atoms with Gasteiger partial charge in [0.25, 0.3) is 0 Å². The molecular formula is C54H76N4O10. The minimum absolute atomic E-state index is 0.00652. The molecule has 372 valence electrons. The summed E-state index contributed by atoms with van der Waals surface area (Å²) < 4.78 is 11.5. The molecule has 2 heterocycles. The molecule has 14 nitrogen and oxygen atoms in total. The minimum atomic E-state index is -1.04. The minimum Gasteiger partial charge on any atom is -0.466 e. The molecule has 1 aliphatic carbocycles. The van der Waals surface area contributed by atoms with Crippen molar-refractivity contribution in [3.8, 4) is 0 Å². The average molecular weight is 941 g/mol. The normalized spacial score (nSPS) is 22.4. The van der Waals surface area contributed by atoms with Gasteiger partial charge in [-0.25, -0.2) is 19.6 Å². The summed E-state index contributed by atoms with van der Waals surface area (Å²) in [6.45, 7) is 10.5. The lowest BCUT2D eigenvalue weighted by atomic mass is 9.62. The van der Waals surface area contributed by atoms with E-state index in [4.69, 9.17) is 29.0 Å². The third-order valence-corrected chi connectivity index (χ3v) is 13.8. The largest absolute Gasteiger partial charge is 0.466 e. The summed E-state index contributed by atoms with van der Waals surface area (Å²) in [4.78, 5) is 49.7. The predicted molar refractivity (Wildman–Crippen MR) is 268 cm³/mol. The van der Waals surface area contributed by atoms with E-state index in [-0.39, 0.29) is 38.0 Å². The van der Waals surface area contributed by atoms with Gasteiger partial charge in [0.15, 0.2) is 0 Å². The molecule has 4 aromatic rings. The molecule has 2 aliphatic heterocycles. The smallest absolute Gasteiger partial charge is 0.310 e. The molecule has 0 spiro atoms. The number of nitrogens with one attached hydrogen (secondary N) is 4. The maximum atomic E-state index is 13.6. The van der Waals surface area contributed by atoms with Crippen LogP contribution in [0.25, 0.3) is 21.5 Å². The highest BCUT2D eigenvalue weighted by Crippen LogP contribution is 2.56. The Bertz CT molecular complexity index is 2110. The molecule has 14 heteroatoms. The predicted octanol–water partition coefficient (Wildman–Crippen LogP) is 11.0. The SMILES string of the molecule is CCCCCOOCCC1(CC(=O)OCCCCC)Nc2cccc3ccc(C4C(O)C(c5ccc6cccc7c6c5NC(CCOOCCCCC)(CC(=O)OCCCCC)N7)C4O)c(c23)N1. The van der Waals surface area contributed by atoms with Crippen molar-refractivity contribution in [3.05, 3.63) is 71.8 Å². The molecule has 2 unspecified atom stereocenters. The number of hydrogen-bond donors (Lipinski definition) is 6.